The third-order valence-electron chi connectivity index (χ3n) is 4.63. The smallest absolute Gasteiger partial charge is 0.191 e. The molecule has 1 aromatic heterocycles. The zero-order valence-electron chi connectivity index (χ0n) is 16.4. The molecule has 0 spiro atoms. The molecule has 7 heteroatoms. The van der Waals surface area contributed by atoms with Crippen molar-refractivity contribution in [3.05, 3.63) is 51.0 Å². The van der Waals surface area contributed by atoms with Gasteiger partial charge >= 0.3 is 0 Å². The lowest BCUT2D eigenvalue weighted by molar-refractivity contribution is 0.0342. The Morgan fingerprint density at radius 1 is 1.11 bits per heavy atom. The molecule has 0 saturated carbocycles. The van der Waals surface area contributed by atoms with Crippen LogP contribution in [0.5, 0.6) is 0 Å². The van der Waals surface area contributed by atoms with E-state index in [1.165, 1.54) is 16.0 Å². The Morgan fingerprint density at radius 2 is 1.78 bits per heavy atom. The Morgan fingerprint density at radius 3 is 2.41 bits per heavy atom. The molecule has 1 fully saturated rings. The molecule has 0 radical (unpaired) electrons. The minimum Gasteiger partial charge on any atom is -0.379 e. The predicted octanol–water partition coefficient (Wildman–Crippen LogP) is 2.46. The summed E-state index contributed by atoms with van der Waals surface area (Å²) in [5.74, 6) is 0.804. The van der Waals surface area contributed by atoms with Gasteiger partial charge in [-0.3, -0.25) is 9.89 Å². The van der Waals surface area contributed by atoms with Gasteiger partial charge in [-0.25, -0.2) is 4.98 Å². The van der Waals surface area contributed by atoms with E-state index in [-0.39, 0.29) is 0 Å². The standard InChI is InChI=1S/C20H29N5OS/c1-15-19(27-16(2)24-15)13-23-20(21-3)22-12-17-4-6-18(7-5-17)14-25-8-10-26-11-9-25/h4-7H,8-14H2,1-3H3,(H2,21,22,23). The number of aromatic nitrogens is 1. The monoisotopic (exact) mass is 387 g/mol. The highest BCUT2D eigenvalue weighted by molar-refractivity contribution is 7.11. The van der Waals surface area contributed by atoms with Gasteiger partial charge in [-0.15, -0.1) is 11.3 Å². The Bertz CT molecular complexity index is 750. The normalized spacial score (nSPS) is 15.7. The van der Waals surface area contributed by atoms with E-state index in [2.05, 4.69) is 56.7 Å². The molecule has 0 aliphatic carbocycles. The van der Waals surface area contributed by atoms with Gasteiger partial charge in [-0.1, -0.05) is 24.3 Å². The molecule has 2 heterocycles. The quantitative estimate of drug-likeness (QED) is 0.589. The highest BCUT2D eigenvalue weighted by atomic mass is 32.1. The second-order valence-electron chi connectivity index (χ2n) is 6.73. The van der Waals surface area contributed by atoms with E-state index in [1.54, 1.807) is 18.4 Å². The molecule has 1 saturated heterocycles. The molecule has 2 N–H and O–H groups in total. The number of thiazole rings is 1. The van der Waals surface area contributed by atoms with E-state index in [1.807, 2.05) is 6.92 Å². The highest BCUT2D eigenvalue weighted by Gasteiger charge is 2.10. The molecule has 27 heavy (non-hydrogen) atoms. The van der Waals surface area contributed by atoms with E-state index in [0.29, 0.717) is 0 Å². The fraction of sp³-hybridized carbons (Fsp3) is 0.500. The first-order valence-corrected chi connectivity index (χ1v) is 10.2. The van der Waals surface area contributed by atoms with E-state index >= 15 is 0 Å². The van der Waals surface area contributed by atoms with Crippen LogP contribution in [0.25, 0.3) is 0 Å². The van der Waals surface area contributed by atoms with Crippen LogP contribution in [0.2, 0.25) is 0 Å². The largest absolute Gasteiger partial charge is 0.379 e. The fourth-order valence-electron chi connectivity index (χ4n) is 3.09. The molecule has 1 aliphatic rings. The van der Waals surface area contributed by atoms with Gasteiger partial charge in [-0.05, 0) is 25.0 Å². The number of nitrogens with zero attached hydrogens (tertiary/aromatic N) is 3. The summed E-state index contributed by atoms with van der Waals surface area (Å²) in [4.78, 5) is 12.5. The molecule has 3 rings (SSSR count). The molecule has 146 valence electrons. The SMILES string of the molecule is CN=C(NCc1ccc(CN2CCOCC2)cc1)NCc1sc(C)nc1C. The third-order valence-corrected chi connectivity index (χ3v) is 5.71. The van der Waals surface area contributed by atoms with Crippen molar-refractivity contribution < 1.29 is 4.74 Å². The van der Waals surface area contributed by atoms with Crippen molar-refractivity contribution >= 4 is 17.3 Å². The van der Waals surface area contributed by atoms with E-state index < -0.39 is 0 Å². The number of nitrogens with one attached hydrogen (secondary N) is 2. The molecule has 0 unspecified atom stereocenters. The third kappa shape index (κ3) is 6.02. The predicted molar refractivity (Wildman–Crippen MR) is 111 cm³/mol. The van der Waals surface area contributed by atoms with Gasteiger partial charge in [0.2, 0.25) is 0 Å². The summed E-state index contributed by atoms with van der Waals surface area (Å²) >= 11 is 1.73. The number of hydrogen-bond donors (Lipinski definition) is 2. The highest BCUT2D eigenvalue weighted by Crippen LogP contribution is 2.16. The summed E-state index contributed by atoms with van der Waals surface area (Å²) in [5, 5.41) is 7.85. The maximum Gasteiger partial charge on any atom is 0.191 e. The van der Waals surface area contributed by atoms with Crippen LogP contribution in [-0.2, 0) is 24.4 Å². The molecular weight excluding hydrogens is 358 g/mol. The molecular formula is C20H29N5OS. The second kappa shape index (κ2) is 9.82. The number of rotatable bonds is 6. The number of benzene rings is 1. The van der Waals surface area contributed by atoms with Crippen molar-refractivity contribution in [2.24, 2.45) is 4.99 Å². The van der Waals surface area contributed by atoms with Crippen molar-refractivity contribution in [1.82, 2.24) is 20.5 Å². The van der Waals surface area contributed by atoms with Gasteiger partial charge < -0.3 is 15.4 Å². The topological polar surface area (TPSA) is 61.8 Å². The van der Waals surface area contributed by atoms with Gasteiger partial charge in [0.15, 0.2) is 5.96 Å². The van der Waals surface area contributed by atoms with E-state index in [9.17, 15) is 0 Å². The molecule has 1 aliphatic heterocycles. The number of morpholine rings is 1. The maximum atomic E-state index is 5.41. The number of ether oxygens (including phenoxy) is 1. The van der Waals surface area contributed by atoms with Crippen molar-refractivity contribution in [2.45, 2.75) is 33.5 Å². The van der Waals surface area contributed by atoms with Crippen LogP contribution in [0.3, 0.4) is 0 Å². The molecule has 0 amide bonds. The Balaban J connectivity index is 1.45. The van der Waals surface area contributed by atoms with Crippen LogP contribution in [0.4, 0.5) is 0 Å². The minimum atomic E-state index is 0.746. The van der Waals surface area contributed by atoms with E-state index in [0.717, 1.165) is 62.6 Å². The average molecular weight is 388 g/mol. The van der Waals surface area contributed by atoms with Crippen LogP contribution >= 0.6 is 11.3 Å². The van der Waals surface area contributed by atoms with Crippen LogP contribution < -0.4 is 10.6 Å². The average Bonchev–Trinajstić information content (AvgIpc) is 3.01. The molecule has 0 atom stereocenters. The lowest BCUT2D eigenvalue weighted by Crippen LogP contribution is -2.36. The number of hydrogen-bond acceptors (Lipinski definition) is 5. The Labute approximate surface area is 165 Å². The van der Waals surface area contributed by atoms with Crippen LogP contribution in [0.15, 0.2) is 29.3 Å². The van der Waals surface area contributed by atoms with Gasteiger partial charge in [0.05, 0.1) is 30.5 Å². The maximum absolute atomic E-state index is 5.41. The Hall–Kier alpha value is -1.96. The fourth-order valence-corrected chi connectivity index (χ4v) is 3.96. The van der Waals surface area contributed by atoms with Gasteiger partial charge in [0.25, 0.3) is 0 Å². The van der Waals surface area contributed by atoms with Crippen molar-refractivity contribution in [2.75, 3.05) is 33.4 Å². The van der Waals surface area contributed by atoms with Crippen LogP contribution in [0.1, 0.15) is 26.7 Å². The van der Waals surface area contributed by atoms with E-state index in [4.69, 9.17) is 4.74 Å². The zero-order valence-corrected chi connectivity index (χ0v) is 17.2. The summed E-state index contributed by atoms with van der Waals surface area (Å²) in [7, 11) is 1.80. The second-order valence-corrected chi connectivity index (χ2v) is 8.01. The summed E-state index contributed by atoms with van der Waals surface area (Å²) in [5.41, 5.74) is 3.68. The van der Waals surface area contributed by atoms with Crippen molar-refractivity contribution in [3.63, 3.8) is 0 Å². The van der Waals surface area contributed by atoms with Crippen molar-refractivity contribution in [1.29, 1.82) is 0 Å². The summed E-state index contributed by atoms with van der Waals surface area (Å²) < 4.78 is 5.41. The first kappa shape index (κ1) is 19.8. The van der Waals surface area contributed by atoms with Crippen LogP contribution in [0, 0.1) is 13.8 Å². The molecule has 6 nitrogen and oxygen atoms in total. The zero-order chi connectivity index (χ0) is 19.1. The molecule has 2 aromatic rings. The number of guanidine groups is 1. The number of aryl methyl sites for hydroxylation is 2. The molecule has 1 aromatic carbocycles. The Kier molecular flexibility index (Phi) is 7.20. The summed E-state index contributed by atoms with van der Waals surface area (Å²) in [6.45, 7) is 10.3. The molecule has 0 bridgehead atoms. The van der Waals surface area contributed by atoms with Crippen molar-refractivity contribution in [3.8, 4) is 0 Å². The first-order valence-electron chi connectivity index (χ1n) is 9.39. The number of aliphatic imine (C=N–C) groups is 1. The van der Waals surface area contributed by atoms with Gasteiger partial charge in [0, 0.05) is 38.1 Å². The summed E-state index contributed by atoms with van der Waals surface area (Å²) in [6.07, 6.45) is 0. The lowest BCUT2D eigenvalue weighted by atomic mass is 10.1. The van der Waals surface area contributed by atoms with Crippen LogP contribution in [-0.4, -0.2) is 49.2 Å². The summed E-state index contributed by atoms with van der Waals surface area (Å²) in [6, 6.07) is 8.80. The minimum absolute atomic E-state index is 0.746. The van der Waals surface area contributed by atoms with Gasteiger partial charge in [0.1, 0.15) is 0 Å². The van der Waals surface area contributed by atoms with Gasteiger partial charge in [-0.2, -0.15) is 0 Å². The lowest BCUT2D eigenvalue weighted by Gasteiger charge is -2.26. The first-order chi connectivity index (χ1) is 13.1.